The highest BCUT2D eigenvalue weighted by Gasteiger charge is 2.00. The number of esters is 1. The van der Waals surface area contributed by atoms with Gasteiger partial charge in [0, 0.05) is 7.11 Å². The van der Waals surface area contributed by atoms with Gasteiger partial charge in [-0.2, -0.15) is 0 Å². The molecule has 5 heteroatoms. The second kappa shape index (κ2) is 11.0. The summed E-state index contributed by atoms with van der Waals surface area (Å²) in [6, 6.07) is 0. The minimum Gasteiger partial charge on any atom is -0.462 e. The molecular weight excluding hydrogens is 198 g/mol. The second-order valence-corrected chi connectivity index (χ2v) is 2.63. The van der Waals surface area contributed by atoms with E-state index < -0.39 is 0 Å². The van der Waals surface area contributed by atoms with Crippen molar-refractivity contribution in [3.05, 3.63) is 0 Å². The molecule has 0 unspecified atom stereocenters. The molecule has 0 aromatic heterocycles. The summed E-state index contributed by atoms with van der Waals surface area (Å²) < 4.78 is 14.7. The molecule has 0 aromatic rings. The Balaban J connectivity index is 3.14. The van der Waals surface area contributed by atoms with Crippen LogP contribution in [-0.4, -0.2) is 52.6 Å². The lowest BCUT2D eigenvalue weighted by Crippen LogP contribution is -2.26. The molecule has 0 saturated heterocycles. The van der Waals surface area contributed by atoms with Crippen molar-refractivity contribution in [1.29, 1.82) is 0 Å². The summed E-state index contributed by atoms with van der Waals surface area (Å²) >= 11 is 0. The standard InChI is InChI=1S/C10H17NO4/c1-3-4-11-9-10(12)15-8-7-14-6-5-13-2/h1,11H,4-9H2,2H3. The molecule has 1 N–H and O–H groups in total. The summed E-state index contributed by atoms with van der Waals surface area (Å²) in [5, 5.41) is 2.72. The molecule has 0 saturated carbocycles. The quantitative estimate of drug-likeness (QED) is 0.317. The van der Waals surface area contributed by atoms with Crippen LogP contribution in [0.4, 0.5) is 0 Å². The fourth-order valence-electron chi connectivity index (χ4n) is 0.747. The summed E-state index contributed by atoms with van der Waals surface area (Å²) in [5.74, 6) is 2.02. The van der Waals surface area contributed by atoms with E-state index in [-0.39, 0.29) is 19.1 Å². The van der Waals surface area contributed by atoms with Crippen LogP contribution in [0.3, 0.4) is 0 Å². The molecule has 0 aliphatic heterocycles. The first-order valence-electron chi connectivity index (χ1n) is 4.67. The van der Waals surface area contributed by atoms with Crippen molar-refractivity contribution in [2.75, 3.05) is 46.6 Å². The Morgan fingerprint density at radius 2 is 2.07 bits per heavy atom. The number of methoxy groups -OCH3 is 1. The van der Waals surface area contributed by atoms with E-state index in [0.717, 1.165) is 0 Å². The van der Waals surface area contributed by atoms with Crippen molar-refractivity contribution in [2.24, 2.45) is 0 Å². The lowest BCUT2D eigenvalue weighted by Gasteiger charge is -2.05. The summed E-state index contributed by atoms with van der Waals surface area (Å²) in [4.78, 5) is 11.0. The van der Waals surface area contributed by atoms with Crippen LogP contribution in [0.2, 0.25) is 0 Å². The Hall–Kier alpha value is -1.09. The van der Waals surface area contributed by atoms with E-state index in [1.54, 1.807) is 7.11 Å². The molecule has 0 bridgehead atoms. The van der Waals surface area contributed by atoms with E-state index in [9.17, 15) is 4.79 Å². The molecule has 0 amide bonds. The number of carbonyl (C=O) groups excluding carboxylic acids is 1. The van der Waals surface area contributed by atoms with Gasteiger partial charge in [-0.05, 0) is 0 Å². The maximum atomic E-state index is 11.0. The van der Waals surface area contributed by atoms with Crippen LogP contribution in [-0.2, 0) is 19.0 Å². The zero-order chi connectivity index (χ0) is 11.4. The van der Waals surface area contributed by atoms with Crippen LogP contribution in [0, 0.1) is 12.3 Å². The van der Waals surface area contributed by atoms with E-state index in [2.05, 4.69) is 11.2 Å². The van der Waals surface area contributed by atoms with Gasteiger partial charge in [0.15, 0.2) is 0 Å². The molecule has 0 radical (unpaired) electrons. The minimum absolute atomic E-state index is 0.127. The number of carbonyl (C=O) groups is 1. The zero-order valence-electron chi connectivity index (χ0n) is 8.95. The Labute approximate surface area is 90.1 Å². The molecule has 0 aromatic carbocycles. The highest BCUT2D eigenvalue weighted by Crippen LogP contribution is 1.80. The summed E-state index contributed by atoms with van der Waals surface area (Å²) in [7, 11) is 1.60. The predicted molar refractivity (Wildman–Crippen MR) is 55.4 cm³/mol. The van der Waals surface area contributed by atoms with Crippen molar-refractivity contribution in [3.63, 3.8) is 0 Å². The predicted octanol–water partition coefficient (Wildman–Crippen LogP) is -0.585. The van der Waals surface area contributed by atoms with Crippen LogP contribution in [0.25, 0.3) is 0 Å². The Morgan fingerprint density at radius 3 is 2.73 bits per heavy atom. The van der Waals surface area contributed by atoms with E-state index in [0.29, 0.717) is 26.4 Å². The van der Waals surface area contributed by atoms with Gasteiger partial charge in [-0.25, -0.2) is 0 Å². The summed E-state index contributed by atoms with van der Waals surface area (Å²) in [6.07, 6.45) is 4.99. The lowest BCUT2D eigenvalue weighted by molar-refractivity contribution is -0.144. The first-order valence-corrected chi connectivity index (χ1v) is 4.67. The molecule has 5 nitrogen and oxygen atoms in total. The van der Waals surface area contributed by atoms with Crippen molar-refractivity contribution in [2.45, 2.75) is 0 Å². The van der Waals surface area contributed by atoms with Gasteiger partial charge in [0.25, 0.3) is 0 Å². The summed E-state index contributed by atoms with van der Waals surface area (Å²) in [5.41, 5.74) is 0. The fourth-order valence-corrected chi connectivity index (χ4v) is 0.747. The molecule has 0 aliphatic rings. The molecule has 0 atom stereocenters. The van der Waals surface area contributed by atoms with Crippen LogP contribution < -0.4 is 5.32 Å². The molecule has 0 fully saturated rings. The van der Waals surface area contributed by atoms with E-state index in [1.807, 2.05) is 0 Å². The smallest absolute Gasteiger partial charge is 0.320 e. The van der Waals surface area contributed by atoms with Crippen molar-refractivity contribution in [3.8, 4) is 12.3 Å². The van der Waals surface area contributed by atoms with E-state index >= 15 is 0 Å². The van der Waals surface area contributed by atoms with Gasteiger partial charge in [-0.3, -0.25) is 10.1 Å². The third kappa shape index (κ3) is 10.8. The van der Waals surface area contributed by atoms with Crippen LogP contribution >= 0.6 is 0 Å². The average molecular weight is 215 g/mol. The maximum Gasteiger partial charge on any atom is 0.320 e. The monoisotopic (exact) mass is 215 g/mol. The Kier molecular flexibility index (Phi) is 10.2. The summed E-state index contributed by atoms with van der Waals surface area (Å²) in [6.45, 7) is 2.16. The number of nitrogens with one attached hydrogen (secondary N) is 1. The average Bonchev–Trinajstić information content (AvgIpc) is 2.23. The molecule has 86 valence electrons. The lowest BCUT2D eigenvalue weighted by atomic mass is 10.6. The SMILES string of the molecule is C#CCNCC(=O)OCCOCCOC. The van der Waals surface area contributed by atoms with Gasteiger partial charge in [0.1, 0.15) is 6.61 Å². The Bertz CT molecular complexity index is 200. The van der Waals surface area contributed by atoms with Crippen LogP contribution in [0.1, 0.15) is 0 Å². The normalized spacial score (nSPS) is 9.60. The number of rotatable bonds is 9. The van der Waals surface area contributed by atoms with E-state index in [1.165, 1.54) is 0 Å². The number of hydrogen-bond donors (Lipinski definition) is 1. The number of hydrogen-bond acceptors (Lipinski definition) is 5. The molecule has 0 spiro atoms. The Morgan fingerprint density at radius 1 is 1.33 bits per heavy atom. The van der Waals surface area contributed by atoms with E-state index in [4.69, 9.17) is 20.6 Å². The topological polar surface area (TPSA) is 56.8 Å². The van der Waals surface area contributed by atoms with Crippen molar-refractivity contribution >= 4 is 5.97 Å². The van der Waals surface area contributed by atoms with Gasteiger partial charge in [-0.1, -0.05) is 5.92 Å². The molecule has 0 aliphatic carbocycles. The fraction of sp³-hybridized carbons (Fsp3) is 0.700. The third-order valence-corrected chi connectivity index (χ3v) is 1.42. The zero-order valence-corrected chi connectivity index (χ0v) is 8.95. The largest absolute Gasteiger partial charge is 0.462 e. The molecule has 0 rings (SSSR count). The van der Waals surface area contributed by atoms with Crippen LogP contribution in [0.15, 0.2) is 0 Å². The van der Waals surface area contributed by atoms with Crippen molar-refractivity contribution < 1.29 is 19.0 Å². The number of ether oxygens (including phenoxy) is 3. The first-order chi connectivity index (χ1) is 7.31. The van der Waals surface area contributed by atoms with Gasteiger partial charge >= 0.3 is 5.97 Å². The van der Waals surface area contributed by atoms with Gasteiger partial charge in [0.2, 0.25) is 0 Å². The maximum absolute atomic E-state index is 11.0. The first kappa shape index (κ1) is 13.9. The molecular formula is C10H17NO4. The van der Waals surface area contributed by atoms with Crippen molar-refractivity contribution in [1.82, 2.24) is 5.32 Å². The minimum atomic E-state index is -0.333. The number of terminal acetylenes is 1. The molecule has 0 heterocycles. The van der Waals surface area contributed by atoms with Crippen LogP contribution in [0.5, 0.6) is 0 Å². The molecule has 15 heavy (non-hydrogen) atoms. The third-order valence-electron chi connectivity index (χ3n) is 1.42. The van der Waals surface area contributed by atoms with Gasteiger partial charge in [-0.15, -0.1) is 6.42 Å². The van der Waals surface area contributed by atoms with Gasteiger partial charge < -0.3 is 14.2 Å². The van der Waals surface area contributed by atoms with Gasteiger partial charge in [0.05, 0.1) is 32.9 Å². The second-order valence-electron chi connectivity index (χ2n) is 2.63. The highest BCUT2D eigenvalue weighted by atomic mass is 16.6. The highest BCUT2D eigenvalue weighted by molar-refractivity contribution is 5.71.